The zero-order valence-electron chi connectivity index (χ0n) is 14.1. The van der Waals surface area contributed by atoms with Crippen LogP contribution in [-0.4, -0.2) is 46.7 Å². The first-order valence-electron chi connectivity index (χ1n) is 8.00. The lowest BCUT2D eigenvalue weighted by Crippen LogP contribution is -2.44. The predicted molar refractivity (Wildman–Crippen MR) is 95.5 cm³/mol. The van der Waals surface area contributed by atoms with Gasteiger partial charge in [0.1, 0.15) is 0 Å². The average molecular weight is 362 g/mol. The summed E-state index contributed by atoms with van der Waals surface area (Å²) in [6.07, 6.45) is 0. The van der Waals surface area contributed by atoms with E-state index in [2.05, 4.69) is 32.4 Å². The quantitative estimate of drug-likeness (QED) is 0.768. The topological polar surface area (TPSA) is 80.2 Å². The number of nitrogens with one attached hydrogen (secondary N) is 1. The molecule has 3 aromatic rings. The number of hydrogen-bond donors (Lipinski definition) is 1. The Labute approximate surface area is 151 Å². The lowest BCUT2D eigenvalue weighted by atomic mass is 10.2. The van der Waals surface area contributed by atoms with E-state index in [4.69, 9.17) is 8.94 Å². The standard InChI is InChI=1S/C17H19N5O2.ClH/c1-11-14(23-16(19-11)12-6-4-3-5-7-12)17-20-15(21-24-17)13-10-18-8-9-22(13)2;/h3-7,13,18H,8-10H2,1-2H3;1H. The van der Waals surface area contributed by atoms with Crippen LogP contribution in [-0.2, 0) is 0 Å². The van der Waals surface area contributed by atoms with Gasteiger partial charge in [0, 0.05) is 25.2 Å². The van der Waals surface area contributed by atoms with Crippen molar-refractivity contribution in [2.24, 2.45) is 0 Å². The monoisotopic (exact) mass is 361 g/mol. The number of halogens is 1. The van der Waals surface area contributed by atoms with Crippen LogP contribution in [0.2, 0.25) is 0 Å². The third-order valence-electron chi connectivity index (χ3n) is 4.26. The predicted octanol–water partition coefficient (Wildman–Crippen LogP) is 2.70. The number of hydrogen-bond acceptors (Lipinski definition) is 7. The molecule has 1 saturated heterocycles. The fraction of sp³-hybridized carbons (Fsp3) is 0.353. The second-order valence-electron chi connectivity index (χ2n) is 5.96. The minimum absolute atomic E-state index is 0. The van der Waals surface area contributed by atoms with Gasteiger partial charge in [0.15, 0.2) is 5.82 Å². The summed E-state index contributed by atoms with van der Waals surface area (Å²) in [4.78, 5) is 11.2. The maximum atomic E-state index is 5.88. The van der Waals surface area contributed by atoms with Crippen LogP contribution in [0.15, 0.2) is 39.3 Å². The highest BCUT2D eigenvalue weighted by molar-refractivity contribution is 5.85. The lowest BCUT2D eigenvalue weighted by molar-refractivity contribution is 0.190. The van der Waals surface area contributed by atoms with Gasteiger partial charge < -0.3 is 14.3 Å². The summed E-state index contributed by atoms with van der Waals surface area (Å²) in [5.41, 5.74) is 1.65. The van der Waals surface area contributed by atoms with Crippen molar-refractivity contribution >= 4 is 12.4 Å². The number of rotatable bonds is 3. The highest BCUT2D eigenvalue weighted by atomic mass is 35.5. The second kappa shape index (κ2) is 7.35. The maximum Gasteiger partial charge on any atom is 0.295 e. The number of nitrogens with zero attached hydrogens (tertiary/aromatic N) is 4. The van der Waals surface area contributed by atoms with E-state index in [1.54, 1.807) is 0 Å². The van der Waals surface area contributed by atoms with Gasteiger partial charge in [-0.05, 0) is 26.1 Å². The second-order valence-corrected chi connectivity index (χ2v) is 5.96. The molecule has 8 heteroatoms. The van der Waals surface area contributed by atoms with Gasteiger partial charge in [-0.25, -0.2) is 4.98 Å². The highest BCUT2D eigenvalue weighted by Crippen LogP contribution is 2.29. The molecular formula is C17H20ClN5O2. The molecule has 1 aliphatic heterocycles. The van der Waals surface area contributed by atoms with Gasteiger partial charge >= 0.3 is 0 Å². The molecule has 0 amide bonds. The summed E-state index contributed by atoms with van der Waals surface area (Å²) in [7, 11) is 2.06. The third-order valence-corrected chi connectivity index (χ3v) is 4.26. The summed E-state index contributed by atoms with van der Waals surface area (Å²) in [5, 5.41) is 7.48. The minimum Gasteiger partial charge on any atom is -0.431 e. The zero-order chi connectivity index (χ0) is 16.5. The molecule has 0 radical (unpaired) electrons. The number of piperazine rings is 1. The molecule has 4 rings (SSSR count). The Kier molecular flexibility index (Phi) is 5.17. The van der Waals surface area contributed by atoms with Crippen LogP contribution in [0.25, 0.3) is 23.1 Å². The fourth-order valence-electron chi connectivity index (χ4n) is 2.86. The first kappa shape index (κ1) is 17.6. The summed E-state index contributed by atoms with van der Waals surface area (Å²) < 4.78 is 11.3. The molecule has 1 aliphatic rings. The van der Waals surface area contributed by atoms with E-state index in [1.807, 2.05) is 37.3 Å². The number of benzene rings is 1. The Balaban J connectivity index is 0.00000182. The van der Waals surface area contributed by atoms with Gasteiger partial charge in [-0.2, -0.15) is 4.98 Å². The van der Waals surface area contributed by atoms with Crippen LogP contribution >= 0.6 is 12.4 Å². The van der Waals surface area contributed by atoms with Crippen molar-refractivity contribution < 1.29 is 8.94 Å². The SMILES string of the molecule is Cc1nc(-c2ccccc2)oc1-c1nc(C2CNCCN2C)no1.Cl. The van der Waals surface area contributed by atoms with Crippen molar-refractivity contribution in [2.45, 2.75) is 13.0 Å². The van der Waals surface area contributed by atoms with Crippen molar-refractivity contribution in [1.82, 2.24) is 25.3 Å². The van der Waals surface area contributed by atoms with Crippen molar-refractivity contribution in [3.63, 3.8) is 0 Å². The van der Waals surface area contributed by atoms with E-state index in [-0.39, 0.29) is 18.4 Å². The minimum atomic E-state index is 0. The van der Waals surface area contributed by atoms with E-state index in [0.717, 1.165) is 30.9 Å². The largest absolute Gasteiger partial charge is 0.431 e. The summed E-state index contributed by atoms with van der Waals surface area (Å²) in [5.74, 6) is 2.12. The number of oxazole rings is 1. The van der Waals surface area contributed by atoms with Gasteiger partial charge in [0.2, 0.25) is 11.7 Å². The first-order valence-corrected chi connectivity index (χ1v) is 8.00. The van der Waals surface area contributed by atoms with Crippen LogP contribution < -0.4 is 5.32 Å². The molecule has 1 unspecified atom stereocenters. The average Bonchev–Trinajstić information content (AvgIpc) is 3.23. The molecule has 1 N–H and O–H groups in total. The molecule has 2 aromatic heterocycles. The van der Waals surface area contributed by atoms with Gasteiger partial charge in [-0.3, -0.25) is 4.90 Å². The molecule has 25 heavy (non-hydrogen) atoms. The first-order chi connectivity index (χ1) is 11.7. The molecule has 132 valence electrons. The number of aromatic nitrogens is 3. The molecule has 3 heterocycles. The summed E-state index contributed by atoms with van der Waals surface area (Å²) >= 11 is 0. The van der Waals surface area contributed by atoms with E-state index in [0.29, 0.717) is 23.4 Å². The fourth-order valence-corrected chi connectivity index (χ4v) is 2.86. The van der Waals surface area contributed by atoms with E-state index in [1.165, 1.54) is 0 Å². The molecule has 0 aliphatic carbocycles. The van der Waals surface area contributed by atoms with Gasteiger partial charge in [-0.1, -0.05) is 23.4 Å². The van der Waals surface area contributed by atoms with Crippen LogP contribution in [0.3, 0.4) is 0 Å². The maximum absolute atomic E-state index is 5.88. The van der Waals surface area contributed by atoms with Crippen LogP contribution in [0.5, 0.6) is 0 Å². The Bertz CT molecular complexity index is 833. The zero-order valence-corrected chi connectivity index (χ0v) is 14.9. The Morgan fingerprint density at radius 2 is 1.96 bits per heavy atom. The van der Waals surface area contributed by atoms with Crippen molar-refractivity contribution in [3.05, 3.63) is 41.9 Å². The van der Waals surface area contributed by atoms with Gasteiger partial charge in [0.05, 0.1) is 11.7 Å². The van der Waals surface area contributed by atoms with Gasteiger partial charge in [-0.15, -0.1) is 12.4 Å². The van der Waals surface area contributed by atoms with E-state index < -0.39 is 0 Å². The van der Waals surface area contributed by atoms with E-state index >= 15 is 0 Å². The number of likely N-dealkylation sites (N-methyl/N-ethyl adjacent to an activating group) is 1. The molecule has 0 saturated carbocycles. The molecule has 1 fully saturated rings. The van der Waals surface area contributed by atoms with Gasteiger partial charge in [0.25, 0.3) is 5.89 Å². The molecule has 0 bridgehead atoms. The van der Waals surface area contributed by atoms with Crippen LogP contribution in [0.1, 0.15) is 17.6 Å². The van der Waals surface area contributed by atoms with Crippen molar-refractivity contribution in [1.29, 1.82) is 0 Å². The van der Waals surface area contributed by atoms with Crippen molar-refractivity contribution in [2.75, 3.05) is 26.7 Å². The third kappa shape index (κ3) is 3.44. The Morgan fingerprint density at radius 1 is 1.16 bits per heavy atom. The summed E-state index contributed by atoms with van der Waals surface area (Å²) in [6, 6.07) is 9.87. The van der Waals surface area contributed by atoms with Crippen LogP contribution in [0.4, 0.5) is 0 Å². The Hall–Kier alpha value is -2.22. The molecular weight excluding hydrogens is 342 g/mol. The molecule has 1 aromatic carbocycles. The lowest BCUT2D eigenvalue weighted by Gasteiger charge is -2.30. The molecule has 7 nitrogen and oxygen atoms in total. The van der Waals surface area contributed by atoms with Crippen LogP contribution in [0, 0.1) is 6.92 Å². The van der Waals surface area contributed by atoms with Crippen molar-refractivity contribution in [3.8, 4) is 23.1 Å². The Morgan fingerprint density at radius 3 is 2.72 bits per heavy atom. The highest BCUT2D eigenvalue weighted by Gasteiger charge is 2.27. The van der Waals surface area contributed by atoms with E-state index in [9.17, 15) is 0 Å². The smallest absolute Gasteiger partial charge is 0.295 e. The number of aryl methyl sites for hydroxylation is 1. The normalized spacial score (nSPS) is 18.1. The molecule has 1 atom stereocenters. The summed E-state index contributed by atoms with van der Waals surface area (Å²) in [6.45, 7) is 4.61. The molecule has 0 spiro atoms.